The average molecular weight is 439 g/mol. The second-order valence-electron chi connectivity index (χ2n) is 7.86. The van der Waals surface area contributed by atoms with Gasteiger partial charge in [-0.15, -0.1) is 0 Å². The van der Waals surface area contributed by atoms with Crippen LogP contribution in [0.25, 0.3) is 11.4 Å². The second kappa shape index (κ2) is 8.59. The van der Waals surface area contributed by atoms with E-state index >= 15 is 0 Å². The maximum atomic E-state index is 13.1. The molecule has 0 saturated carbocycles. The number of fused-ring (bicyclic) bond motifs is 1. The Hall–Kier alpha value is -3.06. The maximum absolute atomic E-state index is 13.1. The van der Waals surface area contributed by atoms with Gasteiger partial charge in [-0.1, -0.05) is 28.9 Å². The van der Waals surface area contributed by atoms with E-state index in [4.69, 9.17) is 20.9 Å². The molecule has 0 spiro atoms. The molecule has 2 aliphatic rings. The molecule has 2 aromatic carbocycles. The molecular formula is C23H23ClN4O3. The normalized spacial score (nSPS) is 18.4. The van der Waals surface area contributed by atoms with Gasteiger partial charge in [-0.25, -0.2) is 0 Å². The number of anilines is 1. The van der Waals surface area contributed by atoms with Gasteiger partial charge in [0.25, 0.3) is 5.91 Å². The zero-order valence-electron chi connectivity index (χ0n) is 17.0. The molecule has 0 bridgehead atoms. The Morgan fingerprint density at radius 3 is 2.65 bits per heavy atom. The van der Waals surface area contributed by atoms with Crippen LogP contribution in [0.15, 0.2) is 53.1 Å². The number of benzene rings is 2. The highest BCUT2D eigenvalue weighted by Gasteiger charge is 2.34. The summed E-state index contributed by atoms with van der Waals surface area (Å²) in [6, 6.07) is 15.0. The number of para-hydroxylation sites is 2. The molecule has 0 N–H and O–H groups in total. The predicted octanol–water partition coefficient (Wildman–Crippen LogP) is 4.17. The monoisotopic (exact) mass is 438 g/mol. The molecule has 1 amide bonds. The lowest BCUT2D eigenvalue weighted by Gasteiger charge is -2.37. The Balaban J connectivity index is 1.36. The van der Waals surface area contributed by atoms with Crippen LogP contribution in [-0.4, -0.2) is 46.7 Å². The fourth-order valence-corrected chi connectivity index (χ4v) is 4.23. The summed E-state index contributed by atoms with van der Waals surface area (Å²) in [5.41, 5.74) is 1.75. The molecule has 1 atom stereocenters. The van der Waals surface area contributed by atoms with Gasteiger partial charge in [0.05, 0.1) is 18.8 Å². The molecule has 0 radical (unpaired) electrons. The quantitative estimate of drug-likeness (QED) is 0.608. The Kier molecular flexibility index (Phi) is 5.51. The Labute approximate surface area is 185 Å². The molecule has 2 aliphatic heterocycles. The zero-order valence-corrected chi connectivity index (χ0v) is 17.8. The Bertz CT molecular complexity index is 1060. The lowest BCUT2D eigenvalue weighted by Crippen LogP contribution is -2.51. The van der Waals surface area contributed by atoms with Crippen LogP contribution in [0.5, 0.6) is 5.75 Å². The lowest BCUT2D eigenvalue weighted by atomic mass is 10.1. The number of carbonyl (C=O) groups excluding carboxylic acids is 1. The smallest absolute Gasteiger partial charge is 0.265 e. The largest absolute Gasteiger partial charge is 0.477 e. The van der Waals surface area contributed by atoms with Crippen molar-refractivity contribution in [1.29, 1.82) is 0 Å². The first-order chi connectivity index (χ1) is 15.2. The molecule has 0 aliphatic carbocycles. The minimum atomic E-state index is -0.549. The minimum Gasteiger partial charge on any atom is -0.477 e. The number of likely N-dealkylation sites (tertiary alicyclic amines) is 1. The third-order valence-electron chi connectivity index (χ3n) is 5.70. The number of carbonyl (C=O) groups is 1. The van der Waals surface area contributed by atoms with Crippen LogP contribution >= 0.6 is 11.6 Å². The van der Waals surface area contributed by atoms with Crippen molar-refractivity contribution < 1.29 is 14.1 Å². The summed E-state index contributed by atoms with van der Waals surface area (Å²) < 4.78 is 11.6. The van der Waals surface area contributed by atoms with Crippen molar-refractivity contribution in [2.45, 2.75) is 31.9 Å². The van der Waals surface area contributed by atoms with E-state index < -0.39 is 6.10 Å². The van der Waals surface area contributed by atoms with E-state index in [9.17, 15) is 4.79 Å². The lowest BCUT2D eigenvalue weighted by molar-refractivity contribution is -0.139. The van der Waals surface area contributed by atoms with Crippen LogP contribution in [0.3, 0.4) is 0 Å². The van der Waals surface area contributed by atoms with E-state index in [2.05, 4.69) is 15.0 Å². The number of rotatable bonds is 4. The average Bonchev–Trinajstić information content (AvgIpc) is 3.28. The number of aromatic nitrogens is 2. The summed E-state index contributed by atoms with van der Waals surface area (Å²) in [4.78, 5) is 21.6. The topological polar surface area (TPSA) is 71.7 Å². The summed E-state index contributed by atoms with van der Waals surface area (Å²) in [6.07, 6.45) is 2.73. The van der Waals surface area contributed by atoms with E-state index in [0.29, 0.717) is 35.6 Å². The highest BCUT2D eigenvalue weighted by Crippen LogP contribution is 2.34. The summed E-state index contributed by atoms with van der Waals surface area (Å²) in [5, 5.41) is 4.76. The first kappa shape index (κ1) is 19.9. The van der Waals surface area contributed by atoms with Crippen LogP contribution in [0.2, 0.25) is 5.02 Å². The first-order valence-electron chi connectivity index (χ1n) is 10.6. The van der Waals surface area contributed by atoms with Gasteiger partial charge >= 0.3 is 0 Å². The van der Waals surface area contributed by atoms with Gasteiger partial charge in [-0.05, 0) is 55.7 Å². The third-order valence-corrected chi connectivity index (χ3v) is 5.95. The van der Waals surface area contributed by atoms with Crippen molar-refractivity contribution in [3.05, 3.63) is 59.4 Å². The highest BCUT2D eigenvalue weighted by molar-refractivity contribution is 6.30. The van der Waals surface area contributed by atoms with E-state index in [1.165, 1.54) is 6.42 Å². The van der Waals surface area contributed by atoms with E-state index in [-0.39, 0.29) is 5.91 Å². The van der Waals surface area contributed by atoms with Crippen molar-refractivity contribution in [2.75, 3.05) is 24.5 Å². The third kappa shape index (κ3) is 4.23. The molecule has 7 nitrogen and oxygen atoms in total. The van der Waals surface area contributed by atoms with Crippen LogP contribution in [0.4, 0.5) is 5.69 Å². The molecule has 1 fully saturated rings. The maximum Gasteiger partial charge on any atom is 0.265 e. The van der Waals surface area contributed by atoms with Gasteiger partial charge in [-0.3, -0.25) is 4.79 Å². The Morgan fingerprint density at radius 1 is 1.06 bits per heavy atom. The number of hydrogen-bond acceptors (Lipinski definition) is 6. The second-order valence-corrected chi connectivity index (χ2v) is 8.30. The molecule has 5 rings (SSSR count). The van der Waals surface area contributed by atoms with Crippen molar-refractivity contribution in [1.82, 2.24) is 15.0 Å². The summed E-state index contributed by atoms with van der Waals surface area (Å²) in [6.45, 7) is 2.43. The fraction of sp³-hybridized carbons (Fsp3) is 0.348. The minimum absolute atomic E-state index is 0.0478. The molecular weight excluding hydrogens is 416 g/mol. The highest BCUT2D eigenvalue weighted by atomic mass is 35.5. The Morgan fingerprint density at radius 2 is 1.84 bits per heavy atom. The van der Waals surface area contributed by atoms with Crippen molar-refractivity contribution in [3.8, 4) is 17.1 Å². The number of halogens is 1. The number of ether oxygens (including phenoxy) is 1. The van der Waals surface area contributed by atoms with Crippen LogP contribution < -0.4 is 9.64 Å². The van der Waals surface area contributed by atoms with Crippen molar-refractivity contribution in [2.24, 2.45) is 0 Å². The van der Waals surface area contributed by atoms with Crippen LogP contribution in [0.1, 0.15) is 25.2 Å². The number of piperidine rings is 1. The van der Waals surface area contributed by atoms with Crippen molar-refractivity contribution in [3.63, 3.8) is 0 Å². The zero-order chi connectivity index (χ0) is 21.2. The summed E-state index contributed by atoms with van der Waals surface area (Å²) >= 11 is 5.96. The molecule has 3 heterocycles. The van der Waals surface area contributed by atoms with E-state index in [0.717, 1.165) is 37.2 Å². The predicted molar refractivity (Wildman–Crippen MR) is 117 cm³/mol. The van der Waals surface area contributed by atoms with Gasteiger partial charge < -0.3 is 19.1 Å². The van der Waals surface area contributed by atoms with Crippen LogP contribution in [0, 0.1) is 0 Å². The van der Waals surface area contributed by atoms with Crippen molar-refractivity contribution >= 4 is 23.2 Å². The molecule has 1 aromatic heterocycles. The summed E-state index contributed by atoms with van der Waals surface area (Å²) in [7, 11) is 0. The SMILES string of the molecule is O=C(C1CN(Cc2nc(-c3ccc(Cl)cc3)no2)c2ccccc2O1)N1CCCCC1. The molecule has 3 aromatic rings. The first-order valence-corrected chi connectivity index (χ1v) is 10.9. The molecule has 160 valence electrons. The fourth-order valence-electron chi connectivity index (χ4n) is 4.10. The summed E-state index contributed by atoms with van der Waals surface area (Å²) in [5.74, 6) is 1.73. The molecule has 1 saturated heterocycles. The van der Waals surface area contributed by atoms with Gasteiger partial charge in [0.1, 0.15) is 5.75 Å². The molecule has 1 unspecified atom stereocenters. The van der Waals surface area contributed by atoms with Gasteiger partial charge in [0, 0.05) is 23.7 Å². The standard InChI is InChI=1S/C23H23ClN4O3/c24-17-10-8-16(9-11-17)22-25-21(31-26-22)15-28-14-20(23(29)27-12-4-1-5-13-27)30-19-7-3-2-6-18(19)28/h2-3,6-11,20H,1,4-5,12-15H2. The number of hydrogen-bond donors (Lipinski definition) is 0. The van der Waals surface area contributed by atoms with Gasteiger partial charge in [0.2, 0.25) is 11.7 Å². The van der Waals surface area contributed by atoms with Gasteiger partial charge in [0.15, 0.2) is 6.10 Å². The number of nitrogens with zero attached hydrogens (tertiary/aromatic N) is 4. The van der Waals surface area contributed by atoms with Gasteiger partial charge in [-0.2, -0.15) is 4.98 Å². The van der Waals surface area contributed by atoms with E-state index in [1.54, 1.807) is 12.1 Å². The number of amides is 1. The molecule has 31 heavy (non-hydrogen) atoms. The van der Waals surface area contributed by atoms with Crippen LogP contribution in [-0.2, 0) is 11.3 Å². The molecule has 8 heteroatoms. The van der Waals surface area contributed by atoms with E-state index in [1.807, 2.05) is 41.3 Å².